The molecule has 0 radical (unpaired) electrons. The normalized spacial score (nSPS) is 14.5. The Labute approximate surface area is 134 Å². The summed E-state index contributed by atoms with van der Waals surface area (Å²) in [4.78, 5) is 11.7. The molecule has 112 valence electrons. The monoisotopic (exact) mass is 314 g/mol. The fourth-order valence-corrected chi connectivity index (χ4v) is 2.77. The smallest absolute Gasteiger partial charge is 0.337 e. The van der Waals surface area contributed by atoms with E-state index in [1.807, 2.05) is 30.3 Å². The Morgan fingerprint density at radius 2 is 2.09 bits per heavy atom. The predicted octanol–water partition coefficient (Wildman–Crippen LogP) is 4.04. The summed E-state index contributed by atoms with van der Waals surface area (Å²) in [7, 11) is 1.36. The summed E-state index contributed by atoms with van der Waals surface area (Å²) < 4.78 is 10.7. The molecule has 0 spiro atoms. The van der Waals surface area contributed by atoms with E-state index in [1.54, 1.807) is 12.1 Å². The van der Waals surface area contributed by atoms with Crippen LogP contribution in [-0.2, 0) is 11.3 Å². The highest BCUT2D eigenvalue weighted by atomic mass is 35.5. The number of allylic oxidation sites excluding steroid dienone is 1. The summed E-state index contributed by atoms with van der Waals surface area (Å²) >= 11 is 5.93. The van der Waals surface area contributed by atoms with Gasteiger partial charge in [-0.2, -0.15) is 0 Å². The van der Waals surface area contributed by atoms with E-state index in [4.69, 9.17) is 21.1 Å². The van der Waals surface area contributed by atoms with Gasteiger partial charge in [-0.05, 0) is 34.9 Å². The quantitative estimate of drug-likeness (QED) is 0.620. The fourth-order valence-electron chi connectivity index (χ4n) is 2.62. The number of carbonyl (C=O) groups is 1. The van der Waals surface area contributed by atoms with Gasteiger partial charge in [-0.1, -0.05) is 30.3 Å². The van der Waals surface area contributed by atoms with Gasteiger partial charge >= 0.3 is 5.97 Å². The van der Waals surface area contributed by atoms with Crippen LogP contribution in [0.25, 0.3) is 5.57 Å². The third-order valence-corrected chi connectivity index (χ3v) is 3.82. The lowest BCUT2D eigenvalue weighted by molar-refractivity contribution is 0.0600. The van der Waals surface area contributed by atoms with E-state index in [-0.39, 0.29) is 5.97 Å². The molecule has 3 nitrogen and oxygen atoms in total. The van der Waals surface area contributed by atoms with Gasteiger partial charge in [0.25, 0.3) is 0 Å². The van der Waals surface area contributed by atoms with E-state index in [2.05, 4.69) is 6.07 Å². The summed E-state index contributed by atoms with van der Waals surface area (Å²) in [5, 5.41) is 0. The summed E-state index contributed by atoms with van der Waals surface area (Å²) in [6, 6.07) is 13.4. The zero-order chi connectivity index (χ0) is 15.5. The van der Waals surface area contributed by atoms with Gasteiger partial charge < -0.3 is 9.47 Å². The highest BCUT2D eigenvalue weighted by Gasteiger charge is 2.20. The number of methoxy groups -OCH3 is 1. The molecular weight excluding hydrogens is 300 g/mol. The number of alkyl halides is 1. The van der Waals surface area contributed by atoms with Gasteiger partial charge in [-0.25, -0.2) is 4.79 Å². The number of hydrogen-bond donors (Lipinski definition) is 0. The van der Waals surface area contributed by atoms with Crippen LogP contribution < -0.4 is 4.74 Å². The van der Waals surface area contributed by atoms with E-state index in [0.717, 1.165) is 22.3 Å². The van der Waals surface area contributed by atoms with Crippen LogP contribution in [0.15, 0.2) is 48.5 Å². The van der Waals surface area contributed by atoms with Gasteiger partial charge in [0.05, 0.1) is 12.7 Å². The van der Waals surface area contributed by atoms with Gasteiger partial charge in [0.15, 0.2) is 0 Å². The van der Waals surface area contributed by atoms with Crippen LogP contribution in [0.2, 0.25) is 0 Å². The number of benzene rings is 2. The van der Waals surface area contributed by atoms with E-state index < -0.39 is 0 Å². The van der Waals surface area contributed by atoms with Crippen LogP contribution in [0.3, 0.4) is 0 Å². The topological polar surface area (TPSA) is 35.5 Å². The van der Waals surface area contributed by atoms with Crippen molar-refractivity contribution in [1.82, 2.24) is 0 Å². The SMILES string of the molecule is COC(=O)c1ccc2c(c1)OCc1ccccc1C2=CCCl. The number of carbonyl (C=O) groups excluding carboxylic acids is 1. The van der Waals surface area contributed by atoms with Crippen molar-refractivity contribution in [2.75, 3.05) is 13.0 Å². The third-order valence-electron chi connectivity index (χ3n) is 3.66. The second-order valence-corrected chi connectivity index (χ2v) is 5.23. The first-order valence-corrected chi connectivity index (χ1v) is 7.48. The van der Waals surface area contributed by atoms with E-state index in [1.165, 1.54) is 7.11 Å². The standard InChI is InChI=1S/C18H15ClO3/c1-21-18(20)12-6-7-16-15(8-9-19)14-5-3-2-4-13(14)11-22-17(16)10-12/h2-8,10H,9,11H2,1H3. The first-order valence-electron chi connectivity index (χ1n) is 6.94. The number of ether oxygens (including phenoxy) is 2. The number of rotatable bonds is 2. The van der Waals surface area contributed by atoms with Crippen LogP contribution in [-0.4, -0.2) is 19.0 Å². The molecule has 0 aromatic heterocycles. The minimum absolute atomic E-state index is 0.379. The van der Waals surface area contributed by atoms with Gasteiger partial charge in [0.1, 0.15) is 12.4 Å². The summed E-state index contributed by atoms with van der Waals surface area (Å²) in [6.07, 6.45) is 1.96. The molecule has 0 aliphatic carbocycles. The van der Waals surface area contributed by atoms with Gasteiger partial charge in [0, 0.05) is 11.4 Å². The van der Waals surface area contributed by atoms with Crippen LogP contribution in [0, 0.1) is 0 Å². The van der Waals surface area contributed by atoms with Crippen molar-refractivity contribution in [1.29, 1.82) is 0 Å². The summed E-state index contributed by atoms with van der Waals surface area (Å²) in [5.74, 6) is 0.688. The molecule has 0 saturated heterocycles. The number of esters is 1. The molecule has 1 aliphatic heterocycles. The molecule has 0 bridgehead atoms. The van der Waals surface area contributed by atoms with Crippen molar-refractivity contribution in [3.63, 3.8) is 0 Å². The zero-order valence-electron chi connectivity index (χ0n) is 12.1. The average Bonchev–Trinajstić information content (AvgIpc) is 2.72. The largest absolute Gasteiger partial charge is 0.488 e. The van der Waals surface area contributed by atoms with Crippen LogP contribution in [0.4, 0.5) is 0 Å². The molecule has 0 amide bonds. The van der Waals surface area contributed by atoms with Gasteiger partial charge in [-0.15, -0.1) is 11.6 Å². The molecule has 2 aromatic rings. The van der Waals surface area contributed by atoms with E-state index >= 15 is 0 Å². The minimum Gasteiger partial charge on any atom is -0.488 e. The molecule has 0 saturated carbocycles. The molecule has 2 aromatic carbocycles. The van der Waals surface area contributed by atoms with Crippen molar-refractivity contribution in [2.24, 2.45) is 0 Å². The van der Waals surface area contributed by atoms with E-state index in [0.29, 0.717) is 23.8 Å². The van der Waals surface area contributed by atoms with Crippen LogP contribution in [0.1, 0.15) is 27.0 Å². The molecule has 0 fully saturated rings. The Balaban J connectivity index is 2.16. The maximum absolute atomic E-state index is 11.7. The van der Waals surface area contributed by atoms with Crippen LogP contribution in [0.5, 0.6) is 5.75 Å². The molecule has 3 rings (SSSR count). The van der Waals surface area contributed by atoms with Gasteiger partial charge in [0.2, 0.25) is 0 Å². The Hall–Kier alpha value is -2.26. The fraction of sp³-hybridized carbons (Fsp3) is 0.167. The molecular formula is C18H15ClO3. The Morgan fingerprint density at radius 1 is 1.27 bits per heavy atom. The lowest BCUT2D eigenvalue weighted by atomic mass is 9.93. The highest BCUT2D eigenvalue weighted by Crippen LogP contribution is 2.37. The lowest BCUT2D eigenvalue weighted by Gasteiger charge is -2.11. The third kappa shape index (κ3) is 2.60. The summed E-state index contributed by atoms with van der Waals surface area (Å²) in [5.41, 5.74) is 4.62. The second-order valence-electron chi connectivity index (χ2n) is 4.92. The van der Waals surface area contributed by atoms with Crippen molar-refractivity contribution >= 4 is 23.1 Å². The predicted molar refractivity (Wildman–Crippen MR) is 86.4 cm³/mol. The molecule has 4 heteroatoms. The highest BCUT2D eigenvalue weighted by molar-refractivity contribution is 6.19. The molecule has 0 N–H and O–H groups in total. The number of hydrogen-bond acceptors (Lipinski definition) is 3. The minimum atomic E-state index is -0.379. The number of halogens is 1. The van der Waals surface area contributed by atoms with E-state index in [9.17, 15) is 4.79 Å². The van der Waals surface area contributed by atoms with Crippen molar-refractivity contribution in [3.05, 3.63) is 70.8 Å². The van der Waals surface area contributed by atoms with Crippen molar-refractivity contribution in [2.45, 2.75) is 6.61 Å². The summed E-state index contributed by atoms with van der Waals surface area (Å²) in [6.45, 7) is 0.452. The molecule has 22 heavy (non-hydrogen) atoms. The van der Waals surface area contributed by atoms with Crippen LogP contribution >= 0.6 is 11.6 Å². The lowest BCUT2D eigenvalue weighted by Crippen LogP contribution is -2.02. The van der Waals surface area contributed by atoms with Crippen molar-refractivity contribution < 1.29 is 14.3 Å². The van der Waals surface area contributed by atoms with Crippen molar-refractivity contribution in [3.8, 4) is 5.75 Å². The second kappa shape index (κ2) is 6.24. The number of fused-ring (bicyclic) bond motifs is 2. The molecule has 0 unspecified atom stereocenters. The molecule has 1 aliphatic rings. The Kier molecular flexibility index (Phi) is 4.16. The average molecular weight is 315 g/mol. The first kappa shape index (κ1) is 14.7. The maximum Gasteiger partial charge on any atom is 0.337 e. The Morgan fingerprint density at radius 3 is 2.86 bits per heavy atom. The van der Waals surface area contributed by atoms with Gasteiger partial charge in [-0.3, -0.25) is 0 Å². The molecule has 1 heterocycles. The molecule has 0 atom stereocenters. The zero-order valence-corrected chi connectivity index (χ0v) is 12.9. The Bertz CT molecular complexity index is 750. The first-order chi connectivity index (χ1) is 10.7. The maximum atomic E-state index is 11.7.